The van der Waals surface area contributed by atoms with E-state index in [-0.39, 0.29) is 24.4 Å². The minimum absolute atomic E-state index is 0.0127. The average Bonchev–Trinajstić information content (AvgIpc) is 2.60. The first kappa shape index (κ1) is 20.7. The summed E-state index contributed by atoms with van der Waals surface area (Å²) in [5.41, 5.74) is 0.408. The molecule has 7 heteroatoms. The summed E-state index contributed by atoms with van der Waals surface area (Å²) in [7, 11) is 0. The molecule has 3 amide bonds. The van der Waals surface area contributed by atoms with Gasteiger partial charge in [0.15, 0.2) is 0 Å². The Morgan fingerprint density at radius 2 is 1.74 bits per heavy atom. The predicted octanol–water partition coefficient (Wildman–Crippen LogP) is 1.86. The molecular weight excluding hydrogens is 346 g/mol. The fourth-order valence-electron chi connectivity index (χ4n) is 2.90. The molecule has 0 aliphatic carbocycles. The van der Waals surface area contributed by atoms with Gasteiger partial charge in [-0.1, -0.05) is 30.3 Å². The lowest BCUT2D eigenvalue weighted by Crippen LogP contribution is -2.49. The first-order valence-electron chi connectivity index (χ1n) is 9.31. The Hall–Kier alpha value is -2.57. The standard InChI is InChI=1S/C20H29N3O4/c1-20(2,3)27-19(26)21-14-17(24)22-16-9-11-23(12-10-16)18(25)13-15-7-5-4-6-8-15/h4-8,16H,9-14H2,1-3H3,(H,21,26)(H,22,24). The topological polar surface area (TPSA) is 87.7 Å². The van der Waals surface area contributed by atoms with Crippen LogP contribution in [0, 0.1) is 0 Å². The van der Waals surface area contributed by atoms with Crippen molar-refractivity contribution in [2.24, 2.45) is 0 Å². The van der Waals surface area contributed by atoms with Crippen LogP contribution in [0.3, 0.4) is 0 Å². The van der Waals surface area contributed by atoms with Gasteiger partial charge < -0.3 is 20.3 Å². The molecule has 1 fully saturated rings. The summed E-state index contributed by atoms with van der Waals surface area (Å²) in [4.78, 5) is 37.7. The maximum atomic E-state index is 12.4. The van der Waals surface area contributed by atoms with Crippen molar-refractivity contribution in [1.82, 2.24) is 15.5 Å². The molecule has 1 heterocycles. The van der Waals surface area contributed by atoms with E-state index in [2.05, 4.69) is 10.6 Å². The van der Waals surface area contributed by atoms with Crippen molar-refractivity contribution in [1.29, 1.82) is 0 Å². The summed E-state index contributed by atoms with van der Waals surface area (Å²) >= 11 is 0. The van der Waals surface area contributed by atoms with Gasteiger partial charge in [0, 0.05) is 19.1 Å². The molecule has 1 aromatic rings. The largest absolute Gasteiger partial charge is 0.444 e. The molecular formula is C20H29N3O4. The molecule has 2 N–H and O–H groups in total. The molecule has 0 unspecified atom stereocenters. The van der Waals surface area contributed by atoms with Crippen LogP contribution < -0.4 is 10.6 Å². The quantitative estimate of drug-likeness (QED) is 0.822. The summed E-state index contributed by atoms with van der Waals surface area (Å²) in [6.07, 6.45) is 1.20. The van der Waals surface area contributed by atoms with Gasteiger partial charge in [0.2, 0.25) is 11.8 Å². The molecule has 1 aromatic carbocycles. The number of piperidine rings is 1. The molecule has 0 spiro atoms. The number of alkyl carbamates (subject to hydrolysis) is 1. The van der Waals surface area contributed by atoms with E-state index < -0.39 is 11.7 Å². The van der Waals surface area contributed by atoms with Gasteiger partial charge in [-0.25, -0.2) is 4.79 Å². The van der Waals surface area contributed by atoms with Crippen molar-refractivity contribution in [3.05, 3.63) is 35.9 Å². The highest BCUT2D eigenvalue weighted by molar-refractivity contribution is 5.82. The fraction of sp³-hybridized carbons (Fsp3) is 0.550. The molecule has 0 radical (unpaired) electrons. The van der Waals surface area contributed by atoms with Gasteiger partial charge >= 0.3 is 6.09 Å². The van der Waals surface area contributed by atoms with E-state index in [0.29, 0.717) is 32.4 Å². The van der Waals surface area contributed by atoms with E-state index in [0.717, 1.165) is 5.56 Å². The third kappa shape index (κ3) is 7.68. The third-order valence-corrected chi connectivity index (χ3v) is 4.20. The number of ether oxygens (including phenoxy) is 1. The highest BCUT2D eigenvalue weighted by atomic mass is 16.6. The maximum absolute atomic E-state index is 12.4. The fourth-order valence-corrected chi connectivity index (χ4v) is 2.90. The van der Waals surface area contributed by atoms with Crippen molar-refractivity contribution < 1.29 is 19.1 Å². The smallest absolute Gasteiger partial charge is 0.408 e. The van der Waals surface area contributed by atoms with Crippen molar-refractivity contribution >= 4 is 17.9 Å². The lowest BCUT2D eigenvalue weighted by molar-refractivity contribution is -0.131. The van der Waals surface area contributed by atoms with Crippen LogP contribution in [0.4, 0.5) is 4.79 Å². The number of nitrogens with one attached hydrogen (secondary N) is 2. The van der Waals surface area contributed by atoms with Gasteiger partial charge in [-0.05, 0) is 39.2 Å². The van der Waals surface area contributed by atoms with Gasteiger partial charge in [-0.3, -0.25) is 9.59 Å². The summed E-state index contributed by atoms with van der Waals surface area (Å²) in [6.45, 7) is 6.41. The van der Waals surface area contributed by atoms with Crippen LogP contribution in [0.25, 0.3) is 0 Å². The lowest BCUT2D eigenvalue weighted by atomic mass is 10.0. The second-order valence-corrected chi connectivity index (χ2v) is 7.74. The first-order valence-corrected chi connectivity index (χ1v) is 9.31. The van der Waals surface area contributed by atoms with Crippen molar-refractivity contribution in [2.75, 3.05) is 19.6 Å². The number of rotatable bonds is 5. The number of nitrogens with zero attached hydrogens (tertiary/aromatic N) is 1. The van der Waals surface area contributed by atoms with Gasteiger partial charge in [0.1, 0.15) is 12.1 Å². The molecule has 0 atom stereocenters. The average molecular weight is 375 g/mol. The van der Waals surface area contributed by atoms with Gasteiger partial charge in [-0.2, -0.15) is 0 Å². The van der Waals surface area contributed by atoms with Crippen LogP contribution in [-0.4, -0.2) is 54.1 Å². The van der Waals surface area contributed by atoms with Crippen molar-refractivity contribution in [3.8, 4) is 0 Å². The zero-order valence-electron chi connectivity index (χ0n) is 16.3. The molecule has 0 aromatic heterocycles. The summed E-state index contributed by atoms with van der Waals surface area (Å²) in [5, 5.41) is 5.34. The van der Waals surface area contributed by atoms with Gasteiger partial charge in [0.25, 0.3) is 0 Å². The van der Waals surface area contributed by atoms with Crippen molar-refractivity contribution in [2.45, 2.75) is 51.7 Å². The van der Waals surface area contributed by atoms with Crippen LogP contribution in [0.5, 0.6) is 0 Å². The second-order valence-electron chi connectivity index (χ2n) is 7.74. The highest BCUT2D eigenvalue weighted by Crippen LogP contribution is 2.12. The number of likely N-dealkylation sites (tertiary alicyclic amines) is 1. The Kier molecular flexibility index (Phi) is 7.21. The number of carbonyl (C=O) groups is 3. The van der Waals surface area contributed by atoms with Crippen LogP contribution in [-0.2, 0) is 20.7 Å². The van der Waals surface area contributed by atoms with Crippen LogP contribution in [0.2, 0.25) is 0 Å². The van der Waals surface area contributed by atoms with Crippen molar-refractivity contribution in [3.63, 3.8) is 0 Å². The van der Waals surface area contributed by atoms with E-state index in [1.807, 2.05) is 35.2 Å². The van der Waals surface area contributed by atoms with E-state index in [1.165, 1.54) is 0 Å². The van der Waals surface area contributed by atoms with Crippen LogP contribution in [0.15, 0.2) is 30.3 Å². The summed E-state index contributed by atoms with van der Waals surface area (Å²) < 4.78 is 5.09. The van der Waals surface area contributed by atoms with Gasteiger partial charge in [0.05, 0.1) is 6.42 Å². The number of hydrogen-bond acceptors (Lipinski definition) is 4. The second kappa shape index (κ2) is 9.39. The highest BCUT2D eigenvalue weighted by Gasteiger charge is 2.24. The molecule has 1 aliphatic heterocycles. The SMILES string of the molecule is CC(C)(C)OC(=O)NCC(=O)NC1CCN(C(=O)Cc2ccccc2)CC1. The Labute approximate surface area is 160 Å². The van der Waals surface area contributed by atoms with E-state index in [1.54, 1.807) is 20.8 Å². The summed E-state index contributed by atoms with van der Waals surface area (Å²) in [5.74, 6) is -0.146. The van der Waals surface area contributed by atoms with Crippen LogP contribution >= 0.6 is 0 Å². The molecule has 0 saturated carbocycles. The summed E-state index contributed by atoms with van der Waals surface area (Å²) in [6, 6.07) is 9.69. The zero-order chi connectivity index (χ0) is 19.9. The minimum Gasteiger partial charge on any atom is -0.444 e. The van der Waals surface area contributed by atoms with E-state index in [9.17, 15) is 14.4 Å². The first-order chi connectivity index (χ1) is 12.7. The van der Waals surface area contributed by atoms with E-state index in [4.69, 9.17) is 4.74 Å². The molecule has 7 nitrogen and oxygen atoms in total. The zero-order valence-corrected chi connectivity index (χ0v) is 16.3. The normalized spacial score (nSPS) is 15.1. The Morgan fingerprint density at radius 1 is 1.11 bits per heavy atom. The Morgan fingerprint density at radius 3 is 2.33 bits per heavy atom. The minimum atomic E-state index is -0.612. The lowest BCUT2D eigenvalue weighted by Gasteiger charge is -2.32. The monoisotopic (exact) mass is 375 g/mol. The van der Waals surface area contributed by atoms with E-state index >= 15 is 0 Å². The number of amides is 3. The number of benzene rings is 1. The predicted molar refractivity (Wildman–Crippen MR) is 102 cm³/mol. The maximum Gasteiger partial charge on any atom is 0.408 e. The molecule has 0 bridgehead atoms. The Bertz CT molecular complexity index is 647. The molecule has 1 saturated heterocycles. The van der Waals surface area contributed by atoms with Gasteiger partial charge in [-0.15, -0.1) is 0 Å². The number of carbonyl (C=O) groups excluding carboxylic acids is 3. The van der Waals surface area contributed by atoms with Crippen LogP contribution in [0.1, 0.15) is 39.2 Å². The molecule has 1 aliphatic rings. The molecule has 148 valence electrons. The number of hydrogen-bond donors (Lipinski definition) is 2. The third-order valence-electron chi connectivity index (χ3n) is 4.20. The molecule has 27 heavy (non-hydrogen) atoms. The Balaban J connectivity index is 1.67. The molecule has 2 rings (SSSR count).